The molecule has 1 aromatic heterocycles. The molecule has 2 amide bonds. The van der Waals surface area contributed by atoms with Crippen molar-refractivity contribution >= 4 is 34.4 Å². The number of carbonyl (C=O) groups excluding carboxylic acids is 1. The van der Waals surface area contributed by atoms with E-state index >= 15 is 0 Å². The Hall–Kier alpha value is -3.35. The molecule has 0 aliphatic carbocycles. The van der Waals surface area contributed by atoms with E-state index < -0.39 is 12.0 Å². The first-order valence-corrected chi connectivity index (χ1v) is 7.27. The van der Waals surface area contributed by atoms with Gasteiger partial charge in [-0.25, -0.2) is 14.6 Å². The van der Waals surface area contributed by atoms with Gasteiger partial charge < -0.3 is 20.3 Å². The van der Waals surface area contributed by atoms with Gasteiger partial charge in [-0.1, -0.05) is 12.1 Å². The van der Waals surface area contributed by atoms with E-state index in [1.54, 1.807) is 23.7 Å². The van der Waals surface area contributed by atoms with Crippen LogP contribution in [0.2, 0.25) is 0 Å². The zero-order valence-electron chi connectivity index (χ0n) is 13.2. The third-order valence-electron chi connectivity index (χ3n) is 3.58. The number of carbonyl (C=O) groups is 2. The molecule has 1 heterocycles. The number of nitrogens with one attached hydrogen (secondary N) is 2. The number of urea groups is 1. The maximum Gasteiger partial charge on any atom is 0.337 e. The van der Waals surface area contributed by atoms with E-state index in [-0.39, 0.29) is 5.56 Å². The molecule has 3 N–H and O–H groups in total. The minimum atomic E-state index is -1.08. The fourth-order valence-electron chi connectivity index (χ4n) is 2.55. The lowest BCUT2D eigenvalue weighted by Gasteiger charge is -2.10. The molecule has 0 aliphatic rings. The molecule has 0 spiro atoms. The summed E-state index contributed by atoms with van der Waals surface area (Å²) in [6.07, 6.45) is 1.54. The van der Waals surface area contributed by atoms with Gasteiger partial charge in [0.2, 0.25) is 0 Å². The average Bonchev–Trinajstić information content (AvgIpc) is 2.87. The quantitative estimate of drug-likeness (QED) is 0.689. The summed E-state index contributed by atoms with van der Waals surface area (Å²) in [7, 11) is 1.72. The molecule has 0 bridgehead atoms. The average molecular weight is 324 g/mol. The van der Waals surface area contributed by atoms with Gasteiger partial charge >= 0.3 is 12.0 Å². The van der Waals surface area contributed by atoms with Crippen LogP contribution in [0.15, 0.2) is 42.7 Å². The van der Waals surface area contributed by atoms with Crippen molar-refractivity contribution in [1.29, 1.82) is 0 Å². The molecular weight excluding hydrogens is 308 g/mol. The molecule has 0 unspecified atom stereocenters. The predicted octanol–water partition coefficient (Wildman–Crippen LogP) is 3.22. The molecule has 0 radical (unpaired) electrons. The van der Waals surface area contributed by atoms with E-state index in [4.69, 9.17) is 0 Å². The summed E-state index contributed by atoms with van der Waals surface area (Å²) in [6, 6.07) is 9.98. The van der Waals surface area contributed by atoms with Gasteiger partial charge in [0, 0.05) is 18.4 Å². The Morgan fingerprint density at radius 3 is 2.58 bits per heavy atom. The van der Waals surface area contributed by atoms with Gasteiger partial charge in [-0.2, -0.15) is 0 Å². The van der Waals surface area contributed by atoms with Crippen molar-refractivity contribution < 1.29 is 14.7 Å². The second-order valence-corrected chi connectivity index (χ2v) is 5.50. The molecule has 0 fully saturated rings. The normalized spacial score (nSPS) is 10.6. The SMILES string of the molecule is Cc1cccc(NC(=O)Nc2cc(C(=O)O)c3c(c2)ncn3C)c1. The lowest BCUT2D eigenvalue weighted by atomic mass is 10.1. The van der Waals surface area contributed by atoms with E-state index in [9.17, 15) is 14.7 Å². The van der Waals surface area contributed by atoms with Crippen LogP contribution in [-0.4, -0.2) is 26.7 Å². The molecule has 3 aromatic rings. The van der Waals surface area contributed by atoms with Crippen LogP contribution in [0, 0.1) is 6.92 Å². The Morgan fingerprint density at radius 1 is 1.12 bits per heavy atom. The van der Waals surface area contributed by atoms with Gasteiger partial charge in [0.1, 0.15) is 0 Å². The number of aromatic carboxylic acids is 1. The summed E-state index contributed by atoms with van der Waals surface area (Å²) >= 11 is 0. The van der Waals surface area contributed by atoms with Gasteiger partial charge in [0.15, 0.2) is 0 Å². The van der Waals surface area contributed by atoms with Crippen LogP contribution in [0.1, 0.15) is 15.9 Å². The van der Waals surface area contributed by atoms with Crippen LogP contribution >= 0.6 is 0 Å². The van der Waals surface area contributed by atoms with Crippen molar-refractivity contribution in [3.63, 3.8) is 0 Å². The Bertz CT molecular complexity index is 946. The molecule has 122 valence electrons. The van der Waals surface area contributed by atoms with E-state index in [1.807, 2.05) is 25.1 Å². The zero-order valence-corrected chi connectivity index (χ0v) is 13.2. The van der Waals surface area contributed by atoms with Crippen molar-refractivity contribution in [3.05, 3.63) is 53.9 Å². The number of hydrogen-bond donors (Lipinski definition) is 3. The summed E-state index contributed by atoms with van der Waals surface area (Å²) in [5.74, 6) is -1.08. The van der Waals surface area contributed by atoms with Crippen molar-refractivity contribution in [2.45, 2.75) is 6.92 Å². The molecule has 0 saturated heterocycles. The Labute approximate surface area is 137 Å². The topological polar surface area (TPSA) is 96.2 Å². The second kappa shape index (κ2) is 6.04. The van der Waals surface area contributed by atoms with Crippen LogP contribution in [0.4, 0.5) is 16.2 Å². The molecule has 7 heteroatoms. The molecule has 2 aromatic carbocycles. The largest absolute Gasteiger partial charge is 0.478 e. The Balaban J connectivity index is 1.87. The highest BCUT2D eigenvalue weighted by atomic mass is 16.4. The number of aromatic nitrogens is 2. The minimum Gasteiger partial charge on any atom is -0.478 e. The standard InChI is InChI=1S/C17H16N4O3/c1-10-4-3-5-11(6-10)19-17(24)20-12-7-13(16(22)23)15-14(8-12)18-9-21(15)2/h3-9H,1-2H3,(H,22,23)(H2,19,20,24). The second-order valence-electron chi connectivity index (χ2n) is 5.50. The lowest BCUT2D eigenvalue weighted by Crippen LogP contribution is -2.19. The highest BCUT2D eigenvalue weighted by Crippen LogP contribution is 2.23. The van der Waals surface area contributed by atoms with Gasteiger partial charge in [0.05, 0.1) is 22.9 Å². The summed E-state index contributed by atoms with van der Waals surface area (Å²) in [4.78, 5) is 27.7. The van der Waals surface area contributed by atoms with E-state index in [0.717, 1.165) is 5.56 Å². The Kier molecular flexibility index (Phi) is 3.91. The number of hydrogen-bond acceptors (Lipinski definition) is 3. The smallest absolute Gasteiger partial charge is 0.337 e. The van der Waals surface area contributed by atoms with Crippen LogP contribution < -0.4 is 10.6 Å². The van der Waals surface area contributed by atoms with E-state index in [0.29, 0.717) is 22.4 Å². The number of carboxylic acid groups (broad SMARTS) is 1. The molecular formula is C17H16N4O3. The highest BCUT2D eigenvalue weighted by Gasteiger charge is 2.15. The third-order valence-corrected chi connectivity index (χ3v) is 3.58. The van der Waals surface area contributed by atoms with E-state index in [1.165, 1.54) is 12.4 Å². The number of anilines is 2. The molecule has 0 aliphatic heterocycles. The molecule has 7 nitrogen and oxygen atoms in total. The first-order chi connectivity index (χ1) is 11.4. The number of amides is 2. The number of imidazole rings is 1. The van der Waals surface area contributed by atoms with Crippen molar-refractivity contribution in [2.24, 2.45) is 7.05 Å². The van der Waals surface area contributed by atoms with Gasteiger partial charge in [-0.3, -0.25) is 0 Å². The number of rotatable bonds is 3. The molecule has 0 atom stereocenters. The van der Waals surface area contributed by atoms with Crippen LogP contribution in [0.3, 0.4) is 0 Å². The number of benzene rings is 2. The zero-order chi connectivity index (χ0) is 17.3. The molecule has 3 rings (SSSR count). The number of carboxylic acids is 1. The van der Waals surface area contributed by atoms with Crippen molar-refractivity contribution in [2.75, 3.05) is 10.6 Å². The fraction of sp³-hybridized carbons (Fsp3) is 0.118. The Morgan fingerprint density at radius 2 is 1.88 bits per heavy atom. The monoisotopic (exact) mass is 324 g/mol. The van der Waals surface area contributed by atoms with Gasteiger partial charge in [-0.05, 0) is 36.8 Å². The highest BCUT2D eigenvalue weighted by molar-refractivity contribution is 6.06. The van der Waals surface area contributed by atoms with Gasteiger partial charge in [-0.15, -0.1) is 0 Å². The first kappa shape index (κ1) is 15.5. The summed E-state index contributed by atoms with van der Waals surface area (Å²) in [6.45, 7) is 1.93. The van der Waals surface area contributed by atoms with Crippen LogP contribution in [0.5, 0.6) is 0 Å². The van der Waals surface area contributed by atoms with Gasteiger partial charge in [0.25, 0.3) is 0 Å². The number of nitrogens with zero attached hydrogens (tertiary/aromatic N) is 2. The first-order valence-electron chi connectivity index (χ1n) is 7.27. The summed E-state index contributed by atoms with van der Waals surface area (Å²) in [5, 5.41) is 14.7. The summed E-state index contributed by atoms with van der Waals surface area (Å²) < 4.78 is 1.63. The summed E-state index contributed by atoms with van der Waals surface area (Å²) in [5.41, 5.74) is 3.14. The number of aryl methyl sites for hydroxylation is 2. The van der Waals surface area contributed by atoms with Crippen molar-refractivity contribution in [3.8, 4) is 0 Å². The van der Waals surface area contributed by atoms with Crippen molar-refractivity contribution in [1.82, 2.24) is 9.55 Å². The molecule has 0 saturated carbocycles. The maximum absolute atomic E-state index is 12.1. The third kappa shape index (κ3) is 3.05. The minimum absolute atomic E-state index is 0.0818. The van der Waals surface area contributed by atoms with Crippen LogP contribution in [0.25, 0.3) is 11.0 Å². The lowest BCUT2D eigenvalue weighted by molar-refractivity contribution is 0.0698. The van der Waals surface area contributed by atoms with E-state index in [2.05, 4.69) is 15.6 Å². The predicted molar refractivity (Wildman–Crippen MR) is 91.5 cm³/mol. The fourth-order valence-corrected chi connectivity index (χ4v) is 2.55. The maximum atomic E-state index is 12.1. The molecule has 24 heavy (non-hydrogen) atoms. The number of fused-ring (bicyclic) bond motifs is 1. The van der Waals surface area contributed by atoms with Crippen LogP contribution in [-0.2, 0) is 7.05 Å².